The van der Waals surface area contributed by atoms with E-state index in [9.17, 15) is 4.79 Å². The number of nitrogens with one attached hydrogen (secondary N) is 1. The number of hydrogen-bond acceptors (Lipinski definition) is 2. The quantitative estimate of drug-likeness (QED) is 0.884. The van der Waals surface area contributed by atoms with E-state index in [0.29, 0.717) is 13.0 Å². The molecule has 0 bridgehead atoms. The molecule has 1 aromatic rings. The monoisotopic (exact) mass is 244 g/mol. The second-order valence-electron chi connectivity index (χ2n) is 5.65. The summed E-state index contributed by atoms with van der Waals surface area (Å²) in [7, 11) is 0. The zero-order chi connectivity index (χ0) is 13.6. The van der Waals surface area contributed by atoms with Crippen LogP contribution in [0.5, 0.6) is 0 Å². The minimum Gasteiger partial charge on any atom is -0.354 e. The number of amides is 1. The highest BCUT2D eigenvalue weighted by atomic mass is 16.1. The van der Waals surface area contributed by atoms with E-state index in [0.717, 1.165) is 5.56 Å². The molecule has 1 rings (SSSR count). The Morgan fingerprint density at radius 1 is 1.33 bits per heavy atom. The fourth-order valence-corrected chi connectivity index (χ4v) is 1.52. The van der Waals surface area contributed by atoms with Crippen molar-refractivity contribution >= 4 is 5.91 Å². The summed E-state index contributed by atoms with van der Waals surface area (Å²) in [5.74, 6) is -0.800. The molecular formula is C15H20N2O. The van der Waals surface area contributed by atoms with Gasteiger partial charge in [0, 0.05) is 6.54 Å². The van der Waals surface area contributed by atoms with E-state index in [1.165, 1.54) is 0 Å². The summed E-state index contributed by atoms with van der Waals surface area (Å²) in [4.78, 5) is 11.9. The lowest BCUT2D eigenvalue weighted by Crippen LogP contribution is -2.36. The van der Waals surface area contributed by atoms with Gasteiger partial charge in [-0.1, -0.05) is 51.1 Å². The van der Waals surface area contributed by atoms with Gasteiger partial charge in [0.15, 0.2) is 0 Å². The topological polar surface area (TPSA) is 52.9 Å². The maximum atomic E-state index is 11.9. The lowest BCUT2D eigenvalue weighted by Gasteiger charge is -2.20. The Kier molecular flexibility index (Phi) is 4.91. The van der Waals surface area contributed by atoms with Crippen molar-refractivity contribution in [1.29, 1.82) is 5.26 Å². The van der Waals surface area contributed by atoms with E-state index in [-0.39, 0.29) is 11.3 Å². The van der Waals surface area contributed by atoms with Gasteiger partial charge in [-0.2, -0.15) is 5.26 Å². The first-order valence-corrected chi connectivity index (χ1v) is 6.13. The van der Waals surface area contributed by atoms with E-state index in [1.807, 2.05) is 51.1 Å². The molecule has 0 aliphatic carbocycles. The minimum atomic E-state index is -0.616. The van der Waals surface area contributed by atoms with E-state index >= 15 is 0 Å². The van der Waals surface area contributed by atoms with Gasteiger partial charge in [0.1, 0.15) is 5.92 Å². The van der Waals surface area contributed by atoms with Gasteiger partial charge in [-0.25, -0.2) is 0 Å². The number of carbonyl (C=O) groups excluding carboxylic acids is 1. The number of benzene rings is 1. The van der Waals surface area contributed by atoms with Crippen molar-refractivity contribution in [2.75, 3.05) is 6.54 Å². The third-order valence-electron chi connectivity index (χ3n) is 2.55. The number of nitrogens with zero attached hydrogens (tertiary/aromatic N) is 1. The molecule has 1 amide bonds. The standard InChI is InChI=1S/C15H20N2O/c1-15(2,3)11-17-14(18)13(10-16)9-12-7-5-4-6-8-12/h4-8,13H,9,11H2,1-3H3,(H,17,18). The van der Waals surface area contributed by atoms with Gasteiger partial charge in [0.2, 0.25) is 5.91 Å². The second-order valence-corrected chi connectivity index (χ2v) is 5.65. The van der Waals surface area contributed by atoms with Crippen molar-refractivity contribution in [3.05, 3.63) is 35.9 Å². The Bertz CT molecular complexity index is 426. The fraction of sp³-hybridized carbons (Fsp3) is 0.467. The Labute approximate surface area is 109 Å². The number of rotatable bonds is 4. The van der Waals surface area contributed by atoms with Gasteiger partial charge in [-0.05, 0) is 17.4 Å². The highest BCUT2D eigenvalue weighted by Crippen LogP contribution is 2.12. The molecule has 0 aliphatic rings. The van der Waals surface area contributed by atoms with Crippen LogP contribution in [0.15, 0.2) is 30.3 Å². The molecule has 3 nitrogen and oxygen atoms in total. The Hall–Kier alpha value is -1.82. The maximum absolute atomic E-state index is 11.9. The third kappa shape index (κ3) is 5.01. The molecule has 0 aromatic heterocycles. The van der Waals surface area contributed by atoms with E-state index in [2.05, 4.69) is 11.4 Å². The van der Waals surface area contributed by atoms with Crippen molar-refractivity contribution in [1.82, 2.24) is 5.32 Å². The molecule has 1 N–H and O–H groups in total. The predicted molar refractivity (Wildman–Crippen MR) is 71.7 cm³/mol. The van der Waals surface area contributed by atoms with Crippen LogP contribution in [0.25, 0.3) is 0 Å². The van der Waals surface area contributed by atoms with Crippen LogP contribution in [0.1, 0.15) is 26.3 Å². The lowest BCUT2D eigenvalue weighted by atomic mass is 9.95. The van der Waals surface area contributed by atoms with E-state index in [1.54, 1.807) is 0 Å². The number of hydrogen-bond donors (Lipinski definition) is 1. The van der Waals surface area contributed by atoms with Crippen molar-refractivity contribution in [3.8, 4) is 6.07 Å². The van der Waals surface area contributed by atoms with Gasteiger partial charge in [0.25, 0.3) is 0 Å². The third-order valence-corrected chi connectivity index (χ3v) is 2.55. The first-order valence-electron chi connectivity index (χ1n) is 6.13. The maximum Gasteiger partial charge on any atom is 0.237 e. The fourth-order valence-electron chi connectivity index (χ4n) is 1.52. The summed E-state index contributed by atoms with van der Waals surface area (Å²) in [6.45, 7) is 6.72. The summed E-state index contributed by atoms with van der Waals surface area (Å²) in [6.07, 6.45) is 0.466. The van der Waals surface area contributed by atoms with Crippen LogP contribution in [0.2, 0.25) is 0 Å². The average Bonchev–Trinajstić information content (AvgIpc) is 2.33. The predicted octanol–water partition coefficient (Wildman–Crippen LogP) is 2.53. The Morgan fingerprint density at radius 3 is 2.44 bits per heavy atom. The zero-order valence-corrected chi connectivity index (χ0v) is 11.2. The number of nitriles is 1. The molecule has 0 radical (unpaired) electrons. The van der Waals surface area contributed by atoms with Gasteiger partial charge < -0.3 is 5.32 Å². The van der Waals surface area contributed by atoms with Gasteiger partial charge in [-0.15, -0.1) is 0 Å². The van der Waals surface area contributed by atoms with Crippen LogP contribution in [0.4, 0.5) is 0 Å². The van der Waals surface area contributed by atoms with E-state index < -0.39 is 5.92 Å². The normalized spacial score (nSPS) is 12.6. The second kappa shape index (κ2) is 6.20. The SMILES string of the molecule is CC(C)(C)CNC(=O)C(C#N)Cc1ccccc1. The molecule has 0 heterocycles. The summed E-state index contributed by atoms with van der Waals surface area (Å²) >= 11 is 0. The van der Waals surface area contributed by atoms with Crippen LogP contribution in [0, 0.1) is 22.7 Å². The molecular weight excluding hydrogens is 224 g/mol. The first kappa shape index (κ1) is 14.2. The van der Waals surface area contributed by atoms with Crippen molar-refractivity contribution < 1.29 is 4.79 Å². The van der Waals surface area contributed by atoms with Gasteiger partial charge >= 0.3 is 0 Å². The van der Waals surface area contributed by atoms with Crippen molar-refractivity contribution in [2.45, 2.75) is 27.2 Å². The minimum absolute atomic E-state index is 0.0302. The molecule has 1 unspecified atom stereocenters. The van der Waals surface area contributed by atoms with Crippen LogP contribution in [-0.2, 0) is 11.2 Å². The lowest BCUT2D eigenvalue weighted by molar-refractivity contribution is -0.123. The Morgan fingerprint density at radius 2 is 1.94 bits per heavy atom. The smallest absolute Gasteiger partial charge is 0.237 e. The molecule has 18 heavy (non-hydrogen) atoms. The first-order chi connectivity index (χ1) is 8.42. The molecule has 3 heteroatoms. The summed E-state index contributed by atoms with van der Waals surface area (Å²) in [6, 6.07) is 11.7. The van der Waals surface area contributed by atoms with Crippen LogP contribution >= 0.6 is 0 Å². The largest absolute Gasteiger partial charge is 0.354 e. The molecule has 0 saturated carbocycles. The molecule has 0 saturated heterocycles. The summed E-state index contributed by atoms with van der Waals surface area (Å²) in [5, 5.41) is 11.9. The van der Waals surface area contributed by atoms with Crippen LogP contribution < -0.4 is 5.32 Å². The van der Waals surface area contributed by atoms with E-state index in [4.69, 9.17) is 5.26 Å². The zero-order valence-electron chi connectivity index (χ0n) is 11.2. The average molecular weight is 244 g/mol. The van der Waals surface area contributed by atoms with Gasteiger partial charge in [-0.3, -0.25) is 4.79 Å². The van der Waals surface area contributed by atoms with Crippen LogP contribution in [0.3, 0.4) is 0 Å². The Balaban J connectivity index is 2.57. The van der Waals surface area contributed by atoms with Crippen molar-refractivity contribution in [3.63, 3.8) is 0 Å². The molecule has 1 aromatic carbocycles. The molecule has 1 atom stereocenters. The van der Waals surface area contributed by atoms with Crippen molar-refractivity contribution in [2.24, 2.45) is 11.3 Å². The molecule has 0 spiro atoms. The highest BCUT2D eigenvalue weighted by Gasteiger charge is 2.20. The highest BCUT2D eigenvalue weighted by molar-refractivity contribution is 5.81. The van der Waals surface area contributed by atoms with Crippen LogP contribution in [-0.4, -0.2) is 12.5 Å². The molecule has 0 aliphatic heterocycles. The number of carbonyl (C=O) groups is 1. The van der Waals surface area contributed by atoms with Gasteiger partial charge in [0.05, 0.1) is 6.07 Å². The summed E-state index contributed by atoms with van der Waals surface area (Å²) < 4.78 is 0. The molecule has 96 valence electrons. The summed E-state index contributed by atoms with van der Waals surface area (Å²) in [5.41, 5.74) is 1.04. The molecule has 0 fully saturated rings.